The molecule has 8 aromatic rings. The Bertz CT molecular complexity index is 2170. The molecular weight excluding hydrogens is 526 g/mol. The summed E-state index contributed by atoms with van der Waals surface area (Å²) in [5, 5.41) is 2.10. The van der Waals surface area contributed by atoms with Crippen LogP contribution in [0.15, 0.2) is 156 Å². The van der Waals surface area contributed by atoms with Crippen LogP contribution in [0.25, 0.3) is 78.4 Å². The molecule has 0 bridgehead atoms. The lowest BCUT2D eigenvalue weighted by molar-refractivity contribution is 0.669. The molecule has 0 atom stereocenters. The third-order valence-electron chi connectivity index (χ3n) is 7.74. The molecule has 4 heteroatoms. The maximum atomic E-state index is 6.61. The van der Waals surface area contributed by atoms with Crippen molar-refractivity contribution in [1.82, 2.24) is 15.0 Å². The summed E-state index contributed by atoms with van der Waals surface area (Å²) < 4.78 is 6.61. The van der Waals surface area contributed by atoms with Crippen LogP contribution < -0.4 is 0 Å². The van der Waals surface area contributed by atoms with E-state index in [2.05, 4.69) is 72.8 Å². The van der Waals surface area contributed by atoms with Gasteiger partial charge in [0.05, 0.1) is 5.56 Å². The van der Waals surface area contributed by atoms with Crippen molar-refractivity contribution >= 4 is 21.9 Å². The summed E-state index contributed by atoms with van der Waals surface area (Å²) in [7, 11) is 0. The van der Waals surface area contributed by atoms with Crippen molar-refractivity contribution in [3.05, 3.63) is 152 Å². The fraction of sp³-hybridized carbons (Fsp3) is 0. The zero-order valence-electron chi connectivity index (χ0n) is 23.2. The van der Waals surface area contributed by atoms with E-state index in [1.807, 2.05) is 78.9 Å². The Hall–Kier alpha value is -5.87. The van der Waals surface area contributed by atoms with E-state index >= 15 is 0 Å². The number of fused-ring (bicyclic) bond motifs is 3. The second kappa shape index (κ2) is 10.5. The minimum Gasteiger partial charge on any atom is -0.455 e. The molecule has 0 aliphatic heterocycles. The van der Waals surface area contributed by atoms with Crippen LogP contribution in [0.5, 0.6) is 0 Å². The zero-order valence-corrected chi connectivity index (χ0v) is 23.2. The average Bonchev–Trinajstić information content (AvgIpc) is 3.49. The van der Waals surface area contributed by atoms with E-state index in [-0.39, 0.29) is 0 Å². The van der Waals surface area contributed by atoms with E-state index in [0.29, 0.717) is 17.5 Å². The maximum Gasteiger partial charge on any atom is 0.167 e. The Kier molecular flexibility index (Phi) is 6.08. The van der Waals surface area contributed by atoms with Gasteiger partial charge in [-0.3, -0.25) is 0 Å². The quantitative estimate of drug-likeness (QED) is 0.214. The number of benzene rings is 6. The molecule has 0 N–H and O–H groups in total. The van der Waals surface area contributed by atoms with Crippen LogP contribution in [0, 0.1) is 0 Å². The lowest BCUT2D eigenvalue weighted by Crippen LogP contribution is -2.00. The minimum atomic E-state index is 0.574. The first-order valence-corrected chi connectivity index (χ1v) is 14.3. The van der Waals surface area contributed by atoms with Gasteiger partial charge in [0.2, 0.25) is 0 Å². The monoisotopic (exact) mass is 551 g/mol. The Balaban J connectivity index is 1.33. The predicted molar refractivity (Wildman–Crippen MR) is 174 cm³/mol. The Labute approximate surface area is 249 Å². The highest BCUT2D eigenvalue weighted by molar-refractivity contribution is 6.15. The largest absolute Gasteiger partial charge is 0.455 e. The second-order valence-electron chi connectivity index (χ2n) is 10.4. The van der Waals surface area contributed by atoms with Gasteiger partial charge in [-0.25, -0.2) is 15.0 Å². The molecular formula is C39H25N3O. The van der Waals surface area contributed by atoms with E-state index in [1.165, 1.54) is 11.1 Å². The Morgan fingerprint density at radius 1 is 0.372 bits per heavy atom. The van der Waals surface area contributed by atoms with Gasteiger partial charge < -0.3 is 4.42 Å². The second-order valence-corrected chi connectivity index (χ2v) is 10.4. The summed E-state index contributed by atoms with van der Waals surface area (Å²) in [6.45, 7) is 0. The number of nitrogens with zero attached hydrogens (tertiary/aromatic N) is 3. The smallest absolute Gasteiger partial charge is 0.167 e. The highest BCUT2D eigenvalue weighted by Gasteiger charge is 2.19. The fourth-order valence-corrected chi connectivity index (χ4v) is 5.69. The molecule has 0 unspecified atom stereocenters. The van der Waals surface area contributed by atoms with E-state index in [9.17, 15) is 0 Å². The highest BCUT2D eigenvalue weighted by Crippen LogP contribution is 2.41. The third-order valence-corrected chi connectivity index (χ3v) is 7.74. The van der Waals surface area contributed by atoms with Crippen LogP contribution >= 0.6 is 0 Å². The van der Waals surface area contributed by atoms with Crippen LogP contribution in [-0.4, -0.2) is 15.0 Å². The van der Waals surface area contributed by atoms with Gasteiger partial charge >= 0.3 is 0 Å². The highest BCUT2D eigenvalue weighted by atomic mass is 16.3. The molecule has 2 heterocycles. The summed E-state index contributed by atoms with van der Waals surface area (Å²) in [6.07, 6.45) is 0. The van der Waals surface area contributed by atoms with Crippen molar-refractivity contribution in [2.24, 2.45) is 0 Å². The van der Waals surface area contributed by atoms with Crippen molar-refractivity contribution in [3.63, 3.8) is 0 Å². The standard InChI is InChI=1S/C39H25N3O/c1-4-13-26(14-5-1)29-19-10-20-30(25-29)31-21-12-24-34-35(31)32-22-11-23-33(36(32)43-34)39-41-37(27-15-6-2-7-16-27)40-38(42-39)28-17-8-3-9-18-28/h1-25H. The summed E-state index contributed by atoms with van der Waals surface area (Å²) in [5.41, 5.74) is 8.90. The fourth-order valence-electron chi connectivity index (χ4n) is 5.69. The molecule has 43 heavy (non-hydrogen) atoms. The number of hydrogen-bond donors (Lipinski definition) is 0. The van der Waals surface area contributed by atoms with Crippen LogP contribution in [-0.2, 0) is 0 Å². The van der Waals surface area contributed by atoms with Gasteiger partial charge in [0, 0.05) is 21.9 Å². The lowest BCUT2D eigenvalue weighted by Gasteiger charge is -2.09. The molecule has 0 saturated carbocycles. The Morgan fingerprint density at radius 2 is 0.884 bits per heavy atom. The van der Waals surface area contributed by atoms with Crippen molar-refractivity contribution < 1.29 is 4.42 Å². The normalized spacial score (nSPS) is 11.3. The molecule has 0 aliphatic rings. The predicted octanol–water partition coefficient (Wildman–Crippen LogP) is 10.1. The van der Waals surface area contributed by atoms with Crippen LogP contribution in [0.2, 0.25) is 0 Å². The van der Waals surface area contributed by atoms with Crippen molar-refractivity contribution in [2.75, 3.05) is 0 Å². The number of para-hydroxylation sites is 1. The van der Waals surface area contributed by atoms with Gasteiger partial charge in [0.25, 0.3) is 0 Å². The van der Waals surface area contributed by atoms with Gasteiger partial charge in [0.15, 0.2) is 17.5 Å². The van der Waals surface area contributed by atoms with Crippen molar-refractivity contribution in [1.29, 1.82) is 0 Å². The number of rotatable bonds is 5. The average molecular weight is 552 g/mol. The van der Waals surface area contributed by atoms with Gasteiger partial charge in [-0.2, -0.15) is 0 Å². The summed E-state index contributed by atoms with van der Waals surface area (Å²) in [6, 6.07) is 51.6. The van der Waals surface area contributed by atoms with E-state index < -0.39 is 0 Å². The SMILES string of the molecule is c1ccc(-c2cccc(-c3cccc4oc5c(-c6nc(-c7ccccc7)nc(-c7ccccc7)n6)cccc5c34)c2)cc1. The zero-order chi connectivity index (χ0) is 28.6. The van der Waals surface area contributed by atoms with Crippen molar-refractivity contribution in [2.45, 2.75) is 0 Å². The topological polar surface area (TPSA) is 51.8 Å². The van der Waals surface area contributed by atoms with Crippen LogP contribution in [0.4, 0.5) is 0 Å². The third kappa shape index (κ3) is 4.55. The van der Waals surface area contributed by atoms with E-state index in [1.54, 1.807) is 0 Å². The van der Waals surface area contributed by atoms with Gasteiger partial charge in [0.1, 0.15) is 11.2 Å². The molecule has 0 spiro atoms. The molecule has 0 saturated heterocycles. The van der Waals surface area contributed by atoms with Crippen LogP contribution in [0.3, 0.4) is 0 Å². The molecule has 0 radical (unpaired) electrons. The molecule has 4 nitrogen and oxygen atoms in total. The summed E-state index contributed by atoms with van der Waals surface area (Å²) in [5.74, 6) is 1.82. The first-order chi connectivity index (χ1) is 21.3. The molecule has 6 aromatic carbocycles. The summed E-state index contributed by atoms with van der Waals surface area (Å²) >= 11 is 0. The van der Waals surface area contributed by atoms with Crippen molar-refractivity contribution in [3.8, 4) is 56.4 Å². The molecule has 202 valence electrons. The van der Waals surface area contributed by atoms with Gasteiger partial charge in [-0.05, 0) is 40.5 Å². The molecule has 0 amide bonds. The molecule has 0 fully saturated rings. The number of aromatic nitrogens is 3. The molecule has 0 aliphatic carbocycles. The lowest BCUT2D eigenvalue weighted by atomic mass is 9.95. The number of hydrogen-bond acceptors (Lipinski definition) is 4. The van der Waals surface area contributed by atoms with Gasteiger partial charge in [-0.1, -0.05) is 133 Å². The number of furan rings is 1. The first kappa shape index (κ1) is 24.9. The van der Waals surface area contributed by atoms with Crippen LogP contribution in [0.1, 0.15) is 0 Å². The first-order valence-electron chi connectivity index (χ1n) is 14.3. The molecule has 2 aromatic heterocycles. The van der Waals surface area contributed by atoms with E-state index in [0.717, 1.165) is 49.8 Å². The maximum absolute atomic E-state index is 6.61. The minimum absolute atomic E-state index is 0.574. The molecule has 8 rings (SSSR count). The summed E-state index contributed by atoms with van der Waals surface area (Å²) in [4.78, 5) is 14.8. The van der Waals surface area contributed by atoms with E-state index in [4.69, 9.17) is 19.4 Å². The van der Waals surface area contributed by atoms with Gasteiger partial charge in [-0.15, -0.1) is 0 Å². The Morgan fingerprint density at radius 3 is 1.56 bits per heavy atom.